The number of aryl methyl sites for hydroxylation is 1. The Hall–Kier alpha value is -3.44. The second-order valence-electron chi connectivity index (χ2n) is 8.90. The van der Waals surface area contributed by atoms with Gasteiger partial charge < -0.3 is 19.9 Å². The third kappa shape index (κ3) is 4.87. The standard InChI is InChI=1S/C24H27N5O5S/c1-15-3-2-4-18-22(15)27-23(25-18)19(26-24(31)29-9-11-34-12-10-29)13-16-5-7-17(8-6-16)20-14-21(30)28-35(20,32)33/h2-8,19-20H,9-14H2,1H3,(H,25,27)(H,26,31)(H,28,30)/t19-,20?/m0/s1. The number of H-pyrrole nitrogens is 1. The van der Waals surface area contributed by atoms with E-state index in [1.54, 1.807) is 17.0 Å². The summed E-state index contributed by atoms with van der Waals surface area (Å²) in [6, 6.07) is 12.4. The number of amides is 3. The molecule has 3 aromatic rings. The zero-order valence-corrected chi connectivity index (χ0v) is 20.1. The summed E-state index contributed by atoms with van der Waals surface area (Å²) in [6.07, 6.45) is 0.363. The van der Waals surface area contributed by atoms with Gasteiger partial charge >= 0.3 is 6.03 Å². The number of hydrogen-bond donors (Lipinski definition) is 3. The van der Waals surface area contributed by atoms with Gasteiger partial charge in [-0.25, -0.2) is 18.2 Å². The number of ether oxygens (including phenoxy) is 1. The number of fused-ring (bicyclic) bond motifs is 1. The highest BCUT2D eigenvalue weighted by atomic mass is 32.2. The molecular weight excluding hydrogens is 470 g/mol. The second-order valence-corrected chi connectivity index (χ2v) is 10.8. The number of rotatable bonds is 5. The molecule has 1 aromatic heterocycles. The molecule has 2 aliphatic heterocycles. The summed E-state index contributed by atoms with van der Waals surface area (Å²) in [5, 5.41) is 2.22. The molecule has 2 atom stereocenters. The van der Waals surface area contributed by atoms with Gasteiger partial charge in [-0.15, -0.1) is 0 Å². The average Bonchev–Trinajstić information content (AvgIpc) is 3.40. The van der Waals surface area contributed by atoms with Crippen LogP contribution in [0.15, 0.2) is 42.5 Å². The van der Waals surface area contributed by atoms with E-state index in [0.717, 1.165) is 22.2 Å². The van der Waals surface area contributed by atoms with Gasteiger partial charge in [-0.05, 0) is 36.1 Å². The van der Waals surface area contributed by atoms with Crippen LogP contribution in [-0.2, 0) is 26.0 Å². The smallest absolute Gasteiger partial charge is 0.318 e. The van der Waals surface area contributed by atoms with Crippen LogP contribution in [0.1, 0.15) is 40.2 Å². The van der Waals surface area contributed by atoms with Crippen LogP contribution in [0.3, 0.4) is 0 Å². The van der Waals surface area contributed by atoms with E-state index in [2.05, 4.69) is 10.3 Å². The molecule has 1 unspecified atom stereocenters. The molecule has 3 N–H and O–H groups in total. The number of carbonyl (C=O) groups excluding carboxylic acids is 2. The van der Waals surface area contributed by atoms with Crippen LogP contribution in [0.2, 0.25) is 0 Å². The lowest BCUT2D eigenvalue weighted by Crippen LogP contribution is -2.47. The first-order chi connectivity index (χ1) is 16.8. The largest absolute Gasteiger partial charge is 0.378 e. The highest BCUT2D eigenvalue weighted by molar-refractivity contribution is 7.90. The van der Waals surface area contributed by atoms with Crippen molar-refractivity contribution in [3.63, 3.8) is 0 Å². The van der Waals surface area contributed by atoms with Crippen LogP contribution in [0.4, 0.5) is 4.79 Å². The van der Waals surface area contributed by atoms with Gasteiger partial charge in [0.25, 0.3) is 0 Å². The first-order valence-corrected chi connectivity index (χ1v) is 13.1. The van der Waals surface area contributed by atoms with Crippen LogP contribution in [0, 0.1) is 6.92 Å². The van der Waals surface area contributed by atoms with E-state index in [1.165, 1.54) is 0 Å². The van der Waals surface area contributed by atoms with Crippen molar-refractivity contribution in [1.82, 2.24) is 24.9 Å². The van der Waals surface area contributed by atoms with Crippen molar-refractivity contribution in [2.24, 2.45) is 0 Å². The Morgan fingerprint density at radius 3 is 2.60 bits per heavy atom. The molecule has 3 heterocycles. The summed E-state index contributed by atoms with van der Waals surface area (Å²) in [7, 11) is -3.70. The van der Waals surface area contributed by atoms with Gasteiger partial charge in [-0.2, -0.15) is 0 Å². The molecule has 35 heavy (non-hydrogen) atoms. The number of sulfonamides is 1. The number of para-hydroxylation sites is 1. The monoisotopic (exact) mass is 497 g/mol. The number of nitrogens with one attached hydrogen (secondary N) is 3. The Bertz CT molecular complexity index is 1360. The molecule has 0 bridgehead atoms. The molecule has 11 heteroatoms. The minimum atomic E-state index is -3.70. The maximum atomic E-state index is 13.0. The topological polar surface area (TPSA) is 133 Å². The fraction of sp³-hybridized carbons (Fsp3) is 0.375. The Morgan fingerprint density at radius 1 is 1.20 bits per heavy atom. The zero-order chi connectivity index (χ0) is 24.6. The van der Waals surface area contributed by atoms with Crippen LogP contribution in [-0.4, -0.2) is 61.5 Å². The predicted octanol–water partition coefficient (Wildman–Crippen LogP) is 2.09. The molecule has 0 radical (unpaired) electrons. The van der Waals surface area contributed by atoms with E-state index in [-0.39, 0.29) is 12.5 Å². The number of morpholine rings is 1. The van der Waals surface area contributed by atoms with Crippen molar-refractivity contribution in [3.05, 3.63) is 65.0 Å². The first kappa shape index (κ1) is 23.3. The molecule has 2 fully saturated rings. The van der Waals surface area contributed by atoms with E-state index >= 15 is 0 Å². The van der Waals surface area contributed by atoms with Gasteiger partial charge in [-0.3, -0.25) is 9.52 Å². The van der Waals surface area contributed by atoms with E-state index in [1.807, 2.05) is 42.0 Å². The fourth-order valence-corrected chi connectivity index (χ4v) is 5.96. The third-order valence-corrected chi connectivity index (χ3v) is 8.15. The highest BCUT2D eigenvalue weighted by Crippen LogP contribution is 2.30. The Morgan fingerprint density at radius 2 is 1.94 bits per heavy atom. The van der Waals surface area contributed by atoms with Crippen molar-refractivity contribution < 1.29 is 22.7 Å². The summed E-state index contributed by atoms with van der Waals surface area (Å²) in [5.74, 6) is 0.151. The summed E-state index contributed by atoms with van der Waals surface area (Å²) < 4.78 is 31.8. The molecule has 5 rings (SSSR count). The Balaban J connectivity index is 1.40. The summed E-state index contributed by atoms with van der Waals surface area (Å²) >= 11 is 0. The fourth-order valence-electron chi connectivity index (χ4n) is 4.53. The van der Waals surface area contributed by atoms with Crippen LogP contribution < -0.4 is 10.0 Å². The Kier molecular flexibility index (Phi) is 6.20. The zero-order valence-electron chi connectivity index (χ0n) is 19.3. The molecule has 184 valence electrons. The van der Waals surface area contributed by atoms with Crippen molar-refractivity contribution in [2.45, 2.75) is 31.1 Å². The molecule has 0 spiro atoms. The van der Waals surface area contributed by atoms with Crippen molar-refractivity contribution in [3.8, 4) is 0 Å². The normalized spacial score (nSPS) is 20.5. The van der Waals surface area contributed by atoms with Gasteiger partial charge in [0.15, 0.2) is 0 Å². The molecule has 0 aliphatic carbocycles. The lowest BCUT2D eigenvalue weighted by Gasteiger charge is -2.29. The van der Waals surface area contributed by atoms with E-state index in [4.69, 9.17) is 9.72 Å². The summed E-state index contributed by atoms with van der Waals surface area (Å²) in [4.78, 5) is 34.4. The van der Waals surface area contributed by atoms with E-state index in [0.29, 0.717) is 44.1 Å². The van der Waals surface area contributed by atoms with Crippen molar-refractivity contribution in [2.75, 3.05) is 26.3 Å². The minimum Gasteiger partial charge on any atom is -0.378 e. The molecule has 2 saturated heterocycles. The number of aromatic nitrogens is 2. The summed E-state index contributed by atoms with van der Waals surface area (Å²) in [6.45, 7) is 4.05. The lowest BCUT2D eigenvalue weighted by molar-refractivity contribution is -0.118. The SMILES string of the molecule is Cc1cccc2[nH]c([C@H](Cc3ccc(C4CC(=O)NS4(=O)=O)cc3)NC(=O)N3CCOCC3)nc12. The van der Waals surface area contributed by atoms with Crippen LogP contribution in [0.25, 0.3) is 11.0 Å². The molecule has 3 amide bonds. The maximum Gasteiger partial charge on any atom is 0.318 e. The molecular formula is C24H27N5O5S. The van der Waals surface area contributed by atoms with Gasteiger partial charge in [-0.1, -0.05) is 36.4 Å². The molecule has 10 nitrogen and oxygen atoms in total. The number of hydrogen-bond acceptors (Lipinski definition) is 6. The number of nitrogens with zero attached hydrogens (tertiary/aromatic N) is 2. The first-order valence-electron chi connectivity index (χ1n) is 11.5. The third-order valence-electron chi connectivity index (χ3n) is 6.45. The number of aromatic amines is 1. The Labute approximate surface area is 203 Å². The van der Waals surface area contributed by atoms with Crippen LogP contribution >= 0.6 is 0 Å². The average molecular weight is 498 g/mol. The summed E-state index contributed by atoms with van der Waals surface area (Å²) in [5.41, 5.74) is 4.23. The second kappa shape index (κ2) is 9.31. The van der Waals surface area contributed by atoms with Gasteiger partial charge in [0.2, 0.25) is 15.9 Å². The number of urea groups is 1. The minimum absolute atomic E-state index is 0.0851. The van der Waals surface area contributed by atoms with Crippen LogP contribution in [0.5, 0.6) is 0 Å². The van der Waals surface area contributed by atoms with Crippen molar-refractivity contribution >= 4 is 33.0 Å². The number of imidazole rings is 1. The van der Waals surface area contributed by atoms with Gasteiger partial charge in [0.1, 0.15) is 11.1 Å². The number of carbonyl (C=O) groups is 2. The predicted molar refractivity (Wildman–Crippen MR) is 129 cm³/mol. The molecule has 2 aliphatic rings. The van der Waals surface area contributed by atoms with Gasteiger partial charge in [0.05, 0.1) is 36.7 Å². The molecule has 0 saturated carbocycles. The maximum absolute atomic E-state index is 13.0. The van der Waals surface area contributed by atoms with E-state index < -0.39 is 27.2 Å². The van der Waals surface area contributed by atoms with Crippen molar-refractivity contribution in [1.29, 1.82) is 0 Å². The number of benzene rings is 2. The van der Waals surface area contributed by atoms with E-state index in [9.17, 15) is 18.0 Å². The highest BCUT2D eigenvalue weighted by Gasteiger charge is 2.37. The lowest BCUT2D eigenvalue weighted by atomic mass is 10.0. The molecule has 2 aromatic carbocycles. The quantitative estimate of drug-likeness (QED) is 0.494. The van der Waals surface area contributed by atoms with Gasteiger partial charge in [0, 0.05) is 13.1 Å².